The van der Waals surface area contributed by atoms with Gasteiger partial charge in [0.25, 0.3) is 11.8 Å². The van der Waals surface area contributed by atoms with E-state index in [0.29, 0.717) is 41.8 Å². The molecule has 0 unspecified atom stereocenters. The lowest BCUT2D eigenvalue weighted by Crippen LogP contribution is -2.37. The Kier molecular flexibility index (Phi) is 7.11. The maximum absolute atomic E-state index is 12.1. The topological polar surface area (TPSA) is 110 Å². The van der Waals surface area contributed by atoms with Crippen LogP contribution in [0.25, 0.3) is 0 Å². The van der Waals surface area contributed by atoms with E-state index in [-0.39, 0.29) is 30.9 Å². The third kappa shape index (κ3) is 6.65. The second-order valence-corrected chi connectivity index (χ2v) is 7.38. The Hall–Kier alpha value is -3.29. The van der Waals surface area contributed by atoms with E-state index >= 15 is 0 Å². The van der Waals surface area contributed by atoms with Gasteiger partial charge in [0.15, 0.2) is 6.61 Å². The van der Waals surface area contributed by atoms with Crippen molar-refractivity contribution in [3.63, 3.8) is 0 Å². The molecule has 8 nitrogen and oxygen atoms in total. The predicted molar refractivity (Wildman–Crippen MR) is 110 cm³/mol. The molecule has 1 saturated carbocycles. The molecule has 8 heteroatoms. The maximum atomic E-state index is 12.1. The van der Waals surface area contributed by atoms with Gasteiger partial charge >= 0.3 is 0 Å². The van der Waals surface area contributed by atoms with Gasteiger partial charge in [0.2, 0.25) is 5.91 Å². The molecule has 0 aliphatic heterocycles. The summed E-state index contributed by atoms with van der Waals surface area (Å²) in [5, 5.41) is 8.23. The van der Waals surface area contributed by atoms with E-state index in [0.717, 1.165) is 18.4 Å². The number of hydrogen-bond donors (Lipinski definition) is 3. The van der Waals surface area contributed by atoms with E-state index in [2.05, 4.69) is 16.0 Å². The van der Waals surface area contributed by atoms with Crippen molar-refractivity contribution >= 4 is 17.7 Å². The number of aryl methyl sites for hydroxylation is 2. The lowest BCUT2D eigenvalue weighted by Gasteiger charge is -2.09. The SMILES string of the molecule is Cc1cc(C(=O)NCC(=O)NCCc2ccc(OCC(=O)NC3CC3)cc2)c(C)o1. The van der Waals surface area contributed by atoms with E-state index in [4.69, 9.17) is 9.15 Å². The summed E-state index contributed by atoms with van der Waals surface area (Å²) in [5.41, 5.74) is 1.46. The number of hydrogen-bond acceptors (Lipinski definition) is 5. The minimum Gasteiger partial charge on any atom is -0.484 e. The highest BCUT2D eigenvalue weighted by Crippen LogP contribution is 2.18. The Morgan fingerprint density at radius 3 is 2.43 bits per heavy atom. The van der Waals surface area contributed by atoms with Crippen LogP contribution < -0.4 is 20.7 Å². The smallest absolute Gasteiger partial charge is 0.258 e. The van der Waals surface area contributed by atoms with Gasteiger partial charge in [-0.15, -0.1) is 0 Å². The molecule has 0 atom stereocenters. The molecule has 1 aliphatic rings. The van der Waals surface area contributed by atoms with Crippen molar-refractivity contribution in [3.8, 4) is 5.75 Å². The van der Waals surface area contributed by atoms with Crippen molar-refractivity contribution in [3.05, 3.63) is 53.0 Å². The lowest BCUT2D eigenvalue weighted by molar-refractivity contribution is -0.123. The van der Waals surface area contributed by atoms with E-state index in [1.807, 2.05) is 12.1 Å². The van der Waals surface area contributed by atoms with E-state index in [1.165, 1.54) is 0 Å². The van der Waals surface area contributed by atoms with Crippen molar-refractivity contribution in [2.24, 2.45) is 0 Å². The summed E-state index contributed by atoms with van der Waals surface area (Å²) < 4.78 is 10.8. The number of carbonyl (C=O) groups excluding carboxylic acids is 3. The van der Waals surface area contributed by atoms with Crippen LogP contribution in [0.1, 0.15) is 40.3 Å². The molecule has 0 saturated heterocycles. The molecule has 2 aromatic rings. The van der Waals surface area contributed by atoms with Crippen LogP contribution >= 0.6 is 0 Å². The summed E-state index contributed by atoms with van der Waals surface area (Å²) >= 11 is 0. The molecular weight excluding hydrogens is 386 g/mol. The monoisotopic (exact) mass is 413 g/mol. The molecule has 3 amide bonds. The number of nitrogens with one attached hydrogen (secondary N) is 3. The fourth-order valence-electron chi connectivity index (χ4n) is 2.92. The summed E-state index contributed by atoms with van der Waals surface area (Å²) in [4.78, 5) is 35.6. The number of amides is 3. The highest BCUT2D eigenvalue weighted by Gasteiger charge is 2.23. The van der Waals surface area contributed by atoms with Gasteiger partial charge in [0.1, 0.15) is 17.3 Å². The highest BCUT2D eigenvalue weighted by molar-refractivity contribution is 5.97. The first kappa shape index (κ1) is 21.4. The Labute approximate surface area is 175 Å². The highest BCUT2D eigenvalue weighted by atomic mass is 16.5. The minimum atomic E-state index is -0.332. The van der Waals surface area contributed by atoms with Crippen LogP contribution in [0.4, 0.5) is 0 Å². The maximum Gasteiger partial charge on any atom is 0.258 e. The van der Waals surface area contributed by atoms with Gasteiger partial charge in [-0.25, -0.2) is 0 Å². The molecule has 1 heterocycles. The largest absolute Gasteiger partial charge is 0.484 e. The molecule has 0 radical (unpaired) electrons. The number of ether oxygens (including phenoxy) is 1. The van der Waals surface area contributed by atoms with E-state index in [9.17, 15) is 14.4 Å². The molecule has 3 rings (SSSR count). The minimum absolute atomic E-state index is 0.00946. The molecular formula is C22H27N3O5. The standard InChI is InChI=1S/C22H27N3O5/c1-14-11-19(15(2)30-14)22(28)24-12-20(26)23-10-9-16-3-7-18(8-4-16)29-13-21(27)25-17-5-6-17/h3-4,7-8,11,17H,5-6,9-10,12-13H2,1-2H3,(H,23,26)(H,24,28)(H,25,27). The molecule has 160 valence electrons. The van der Waals surface area contributed by atoms with E-state index in [1.54, 1.807) is 32.0 Å². The zero-order chi connectivity index (χ0) is 21.5. The van der Waals surface area contributed by atoms with Crippen LogP contribution in [-0.4, -0.2) is 43.5 Å². The molecule has 0 spiro atoms. The zero-order valence-electron chi connectivity index (χ0n) is 17.2. The molecule has 1 aromatic heterocycles. The first-order valence-corrected chi connectivity index (χ1v) is 10.0. The Morgan fingerprint density at radius 1 is 1.07 bits per heavy atom. The fraction of sp³-hybridized carbons (Fsp3) is 0.409. The lowest BCUT2D eigenvalue weighted by atomic mass is 10.1. The fourth-order valence-corrected chi connectivity index (χ4v) is 2.92. The van der Waals surface area contributed by atoms with Gasteiger partial charge in [0, 0.05) is 12.6 Å². The molecule has 3 N–H and O–H groups in total. The van der Waals surface area contributed by atoms with Crippen LogP contribution in [0.15, 0.2) is 34.7 Å². The molecule has 0 bridgehead atoms. The van der Waals surface area contributed by atoms with Crippen LogP contribution in [0.5, 0.6) is 5.75 Å². The second kappa shape index (κ2) is 9.96. The predicted octanol–water partition coefficient (Wildman–Crippen LogP) is 1.64. The second-order valence-electron chi connectivity index (χ2n) is 7.38. The van der Waals surface area contributed by atoms with E-state index < -0.39 is 0 Å². The van der Waals surface area contributed by atoms with Gasteiger partial charge in [0.05, 0.1) is 12.1 Å². The Bertz CT molecular complexity index is 900. The molecule has 1 fully saturated rings. The average molecular weight is 413 g/mol. The first-order chi connectivity index (χ1) is 14.4. The Balaban J connectivity index is 1.32. The normalized spacial score (nSPS) is 12.9. The molecule has 1 aromatic carbocycles. The van der Waals surface area contributed by atoms with Crippen LogP contribution in [0.2, 0.25) is 0 Å². The third-order valence-corrected chi connectivity index (χ3v) is 4.67. The first-order valence-electron chi connectivity index (χ1n) is 10.0. The van der Waals surface area contributed by atoms with Gasteiger partial charge in [-0.2, -0.15) is 0 Å². The Morgan fingerprint density at radius 2 is 1.80 bits per heavy atom. The summed E-state index contributed by atoms with van der Waals surface area (Å²) in [7, 11) is 0. The number of furan rings is 1. The third-order valence-electron chi connectivity index (χ3n) is 4.67. The van der Waals surface area contributed by atoms with Crippen molar-refractivity contribution in [1.29, 1.82) is 0 Å². The van der Waals surface area contributed by atoms with Gasteiger partial charge in [-0.3, -0.25) is 14.4 Å². The summed E-state index contributed by atoms with van der Waals surface area (Å²) in [6.07, 6.45) is 2.74. The van der Waals surface area contributed by atoms with Crippen molar-refractivity contribution in [2.45, 2.75) is 39.2 Å². The molecule has 1 aliphatic carbocycles. The quantitative estimate of drug-likeness (QED) is 0.549. The zero-order valence-corrected chi connectivity index (χ0v) is 17.2. The van der Waals surface area contributed by atoms with Gasteiger partial charge < -0.3 is 25.1 Å². The number of benzene rings is 1. The summed E-state index contributed by atoms with van der Waals surface area (Å²) in [6.45, 7) is 3.83. The van der Waals surface area contributed by atoms with Crippen LogP contribution in [-0.2, 0) is 16.0 Å². The molecule has 30 heavy (non-hydrogen) atoms. The number of rotatable bonds is 10. The van der Waals surface area contributed by atoms with Crippen LogP contribution in [0.3, 0.4) is 0 Å². The van der Waals surface area contributed by atoms with Crippen LogP contribution in [0, 0.1) is 13.8 Å². The van der Waals surface area contributed by atoms with Gasteiger partial charge in [-0.05, 0) is 56.9 Å². The average Bonchev–Trinajstić information content (AvgIpc) is 3.46. The van der Waals surface area contributed by atoms with Crippen molar-refractivity contribution < 1.29 is 23.5 Å². The van der Waals surface area contributed by atoms with Crippen molar-refractivity contribution in [2.75, 3.05) is 19.7 Å². The van der Waals surface area contributed by atoms with Gasteiger partial charge in [-0.1, -0.05) is 12.1 Å². The summed E-state index contributed by atoms with van der Waals surface area (Å²) in [6, 6.07) is 9.37. The number of carbonyl (C=O) groups is 3. The van der Waals surface area contributed by atoms with Crippen molar-refractivity contribution in [1.82, 2.24) is 16.0 Å². The summed E-state index contributed by atoms with van der Waals surface area (Å²) in [5.74, 6) is 1.11.